The topological polar surface area (TPSA) is 74.3 Å². The van der Waals surface area contributed by atoms with Gasteiger partial charge < -0.3 is 15.5 Å². The van der Waals surface area contributed by atoms with Crippen molar-refractivity contribution in [1.82, 2.24) is 15.2 Å². The maximum Gasteiger partial charge on any atom is 0.321 e. The van der Waals surface area contributed by atoms with Gasteiger partial charge in [-0.1, -0.05) is 18.2 Å². The maximum atomic E-state index is 13.5. The van der Waals surface area contributed by atoms with E-state index in [4.69, 9.17) is 0 Å². The molecule has 0 atom stereocenters. The Kier molecular flexibility index (Phi) is 7.15. The van der Waals surface area contributed by atoms with Gasteiger partial charge >= 0.3 is 6.03 Å². The molecule has 1 fully saturated rings. The quantitative estimate of drug-likeness (QED) is 0.543. The van der Waals surface area contributed by atoms with Crippen molar-refractivity contribution in [2.45, 2.75) is 37.8 Å². The third-order valence-electron chi connectivity index (χ3n) is 6.13. The minimum Gasteiger partial charge on any atom is -0.348 e. The molecule has 3 aromatic rings. The summed E-state index contributed by atoms with van der Waals surface area (Å²) in [5.74, 6) is -1.46. The first-order valence-electron chi connectivity index (χ1n) is 11.2. The lowest BCUT2D eigenvalue weighted by Gasteiger charge is -2.34. The van der Waals surface area contributed by atoms with Gasteiger partial charge in [-0.15, -0.1) is 0 Å². The minimum atomic E-state index is -0.639. The van der Waals surface area contributed by atoms with Gasteiger partial charge in [0.25, 0.3) is 5.91 Å². The van der Waals surface area contributed by atoms with Crippen molar-refractivity contribution in [3.05, 3.63) is 84.2 Å². The van der Waals surface area contributed by atoms with Gasteiger partial charge in [0.2, 0.25) is 0 Å². The summed E-state index contributed by atoms with van der Waals surface area (Å²) in [7, 11) is 1.76. The van der Waals surface area contributed by atoms with Crippen molar-refractivity contribution in [3.8, 4) is 11.1 Å². The molecule has 0 bridgehead atoms. The van der Waals surface area contributed by atoms with E-state index in [0.29, 0.717) is 22.5 Å². The Morgan fingerprint density at radius 1 is 0.912 bits per heavy atom. The molecule has 0 aliphatic heterocycles. The fraction of sp³-hybridized carbons (Fsp3) is 0.269. The van der Waals surface area contributed by atoms with Crippen molar-refractivity contribution >= 4 is 17.6 Å². The summed E-state index contributed by atoms with van der Waals surface area (Å²) in [6.07, 6.45) is 4.70. The molecule has 1 aliphatic rings. The number of rotatable bonds is 5. The summed E-state index contributed by atoms with van der Waals surface area (Å²) in [5.41, 5.74) is 2.07. The zero-order valence-electron chi connectivity index (χ0n) is 18.8. The Morgan fingerprint density at radius 3 is 2.21 bits per heavy atom. The van der Waals surface area contributed by atoms with Crippen LogP contribution in [0, 0.1) is 11.6 Å². The number of nitrogens with one attached hydrogen (secondary N) is 2. The van der Waals surface area contributed by atoms with Crippen LogP contribution in [0.4, 0.5) is 19.3 Å². The van der Waals surface area contributed by atoms with E-state index in [-0.39, 0.29) is 24.0 Å². The molecule has 0 spiro atoms. The summed E-state index contributed by atoms with van der Waals surface area (Å²) < 4.78 is 26.9. The summed E-state index contributed by atoms with van der Waals surface area (Å²) in [4.78, 5) is 30.8. The van der Waals surface area contributed by atoms with Crippen LogP contribution in [0.2, 0.25) is 0 Å². The number of benzene rings is 2. The highest BCUT2D eigenvalue weighted by Crippen LogP contribution is 2.25. The lowest BCUT2D eigenvalue weighted by atomic mass is 9.90. The van der Waals surface area contributed by atoms with Crippen LogP contribution >= 0.6 is 0 Å². The van der Waals surface area contributed by atoms with Gasteiger partial charge in [0.05, 0.1) is 0 Å². The summed E-state index contributed by atoms with van der Waals surface area (Å²) >= 11 is 0. The second kappa shape index (κ2) is 10.4. The molecule has 176 valence electrons. The highest BCUT2D eigenvalue weighted by molar-refractivity contribution is 5.92. The molecular weight excluding hydrogens is 438 g/mol. The zero-order chi connectivity index (χ0) is 24.1. The Balaban J connectivity index is 1.28. The van der Waals surface area contributed by atoms with E-state index in [1.54, 1.807) is 60.6 Å². The molecule has 1 saturated carbocycles. The van der Waals surface area contributed by atoms with Crippen LogP contribution in [0.5, 0.6) is 0 Å². The predicted molar refractivity (Wildman–Crippen MR) is 126 cm³/mol. The van der Waals surface area contributed by atoms with E-state index in [0.717, 1.165) is 31.7 Å². The molecule has 6 nitrogen and oxygen atoms in total. The normalized spacial score (nSPS) is 17.6. The van der Waals surface area contributed by atoms with Crippen molar-refractivity contribution in [2.75, 3.05) is 12.4 Å². The minimum absolute atomic E-state index is 0.0578. The van der Waals surface area contributed by atoms with Crippen LogP contribution in [0.15, 0.2) is 66.9 Å². The first kappa shape index (κ1) is 23.4. The summed E-state index contributed by atoms with van der Waals surface area (Å²) in [5, 5.41) is 5.89. The first-order chi connectivity index (χ1) is 16.4. The molecular formula is C26H26F2N4O2. The molecule has 2 N–H and O–H groups in total. The third-order valence-corrected chi connectivity index (χ3v) is 6.13. The number of hydrogen-bond acceptors (Lipinski definition) is 3. The van der Waals surface area contributed by atoms with E-state index in [2.05, 4.69) is 15.6 Å². The lowest BCUT2D eigenvalue weighted by Crippen LogP contribution is -2.45. The molecule has 0 radical (unpaired) electrons. The average Bonchev–Trinajstić information content (AvgIpc) is 2.84. The molecule has 3 amide bonds. The molecule has 34 heavy (non-hydrogen) atoms. The fourth-order valence-electron chi connectivity index (χ4n) is 4.21. The first-order valence-corrected chi connectivity index (χ1v) is 11.2. The van der Waals surface area contributed by atoms with Crippen molar-refractivity contribution < 1.29 is 18.4 Å². The van der Waals surface area contributed by atoms with E-state index < -0.39 is 11.6 Å². The van der Waals surface area contributed by atoms with Crippen LogP contribution < -0.4 is 10.6 Å². The van der Waals surface area contributed by atoms with Gasteiger partial charge in [-0.25, -0.2) is 13.6 Å². The maximum absolute atomic E-state index is 13.5. The van der Waals surface area contributed by atoms with E-state index in [1.807, 2.05) is 0 Å². The number of nitrogens with zero attached hydrogens (tertiary/aromatic N) is 2. The molecule has 1 aromatic heterocycles. The van der Waals surface area contributed by atoms with Crippen LogP contribution in [-0.4, -0.2) is 41.0 Å². The number of anilines is 1. The second-order valence-corrected chi connectivity index (χ2v) is 8.47. The van der Waals surface area contributed by atoms with Gasteiger partial charge in [0, 0.05) is 37.1 Å². The molecule has 1 heterocycles. The Bertz CT molecular complexity index is 1130. The van der Waals surface area contributed by atoms with E-state index in [9.17, 15) is 18.4 Å². The Labute approximate surface area is 197 Å². The molecule has 4 rings (SSSR count). The number of urea groups is 1. The SMILES string of the molecule is CN(C(=O)Nc1ccc(-c2cc(F)cc(F)c2)cc1)C1CCC(NC(=O)c2ccccn2)CC1. The largest absolute Gasteiger partial charge is 0.348 e. The number of pyridine rings is 1. The number of halogens is 2. The van der Waals surface area contributed by atoms with Crippen molar-refractivity contribution in [2.24, 2.45) is 0 Å². The lowest BCUT2D eigenvalue weighted by molar-refractivity contribution is 0.0911. The Morgan fingerprint density at radius 2 is 1.59 bits per heavy atom. The smallest absolute Gasteiger partial charge is 0.321 e. The van der Waals surface area contributed by atoms with Gasteiger partial charge in [0.1, 0.15) is 17.3 Å². The molecule has 2 aromatic carbocycles. The van der Waals surface area contributed by atoms with Crippen molar-refractivity contribution in [3.63, 3.8) is 0 Å². The monoisotopic (exact) mass is 464 g/mol. The van der Waals surface area contributed by atoms with Gasteiger partial charge in [-0.3, -0.25) is 9.78 Å². The number of amides is 3. The number of hydrogen-bond donors (Lipinski definition) is 2. The molecule has 0 saturated heterocycles. The zero-order valence-corrected chi connectivity index (χ0v) is 18.8. The third kappa shape index (κ3) is 5.75. The number of aromatic nitrogens is 1. The highest BCUT2D eigenvalue weighted by atomic mass is 19.1. The van der Waals surface area contributed by atoms with Crippen LogP contribution in [0.1, 0.15) is 36.2 Å². The summed E-state index contributed by atoms with van der Waals surface area (Å²) in [6.45, 7) is 0. The van der Waals surface area contributed by atoms with Crippen LogP contribution in [0.3, 0.4) is 0 Å². The fourth-order valence-corrected chi connectivity index (χ4v) is 4.21. The standard InChI is InChI=1S/C26H26F2N4O2/c1-32(23-11-9-21(10-12-23)30-25(33)24-4-2-3-13-29-24)26(34)31-22-7-5-17(6-8-22)18-14-19(27)16-20(28)15-18/h2-8,13-16,21,23H,9-12H2,1H3,(H,30,33)(H,31,34). The molecule has 8 heteroatoms. The highest BCUT2D eigenvalue weighted by Gasteiger charge is 2.27. The molecule has 1 aliphatic carbocycles. The average molecular weight is 465 g/mol. The Hall–Kier alpha value is -3.81. The van der Waals surface area contributed by atoms with Gasteiger partial charge in [-0.2, -0.15) is 0 Å². The van der Waals surface area contributed by atoms with E-state index >= 15 is 0 Å². The second-order valence-electron chi connectivity index (χ2n) is 8.47. The van der Waals surface area contributed by atoms with Crippen LogP contribution in [-0.2, 0) is 0 Å². The predicted octanol–water partition coefficient (Wildman–Crippen LogP) is 5.23. The van der Waals surface area contributed by atoms with Crippen LogP contribution in [0.25, 0.3) is 11.1 Å². The number of carbonyl (C=O) groups excluding carboxylic acids is 2. The van der Waals surface area contributed by atoms with Crippen molar-refractivity contribution in [1.29, 1.82) is 0 Å². The van der Waals surface area contributed by atoms with Gasteiger partial charge in [0.15, 0.2) is 0 Å². The van der Waals surface area contributed by atoms with Gasteiger partial charge in [-0.05, 0) is 73.2 Å². The molecule has 0 unspecified atom stereocenters. The summed E-state index contributed by atoms with van der Waals surface area (Å²) in [6, 6.07) is 15.3. The number of carbonyl (C=O) groups is 2. The van der Waals surface area contributed by atoms with E-state index in [1.165, 1.54) is 12.1 Å².